The zero-order valence-electron chi connectivity index (χ0n) is 17.2. The third-order valence-corrected chi connectivity index (χ3v) is 4.85. The topological polar surface area (TPSA) is 52.7 Å². The van der Waals surface area contributed by atoms with Gasteiger partial charge in [-0.15, -0.1) is 0 Å². The van der Waals surface area contributed by atoms with E-state index in [-0.39, 0.29) is 11.8 Å². The highest BCUT2D eigenvalue weighted by Crippen LogP contribution is 2.19. The van der Waals surface area contributed by atoms with Crippen LogP contribution in [0.15, 0.2) is 60.7 Å². The quantitative estimate of drug-likeness (QED) is 0.668. The Morgan fingerprint density at radius 2 is 1.69 bits per heavy atom. The Balaban J connectivity index is 1.62. The molecule has 0 bridgehead atoms. The normalized spacial score (nSPS) is 13.6. The smallest absolute Gasteiger partial charge is 0.251 e. The van der Waals surface area contributed by atoms with Crippen molar-refractivity contribution in [3.05, 3.63) is 77.4 Å². The van der Waals surface area contributed by atoms with Crippen LogP contribution >= 0.6 is 0 Å². The molecule has 0 radical (unpaired) electrons. The van der Waals surface area contributed by atoms with Gasteiger partial charge in [-0.1, -0.05) is 42.5 Å². The van der Waals surface area contributed by atoms with Gasteiger partial charge in [0.2, 0.25) is 5.91 Å². The number of nitrogens with zero attached hydrogens (tertiary/aromatic N) is 2. The molecular formula is C24H29N3O2. The van der Waals surface area contributed by atoms with E-state index in [0.717, 1.165) is 30.5 Å². The maximum Gasteiger partial charge on any atom is 0.251 e. The molecule has 1 aliphatic carbocycles. The lowest BCUT2D eigenvalue weighted by molar-refractivity contribution is -0.126. The molecule has 2 amide bonds. The number of carbonyl (C=O) groups is 2. The molecule has 0 unspecified atom stereocenters. The molecule has 2 aromatic carbocycles. The average molecular weight is 392 g/mol. The predicted octanol–water partition coefficient (Wildman–Crippen LogP) is 3.18. The molecule has 0 spiro atoms. The van der Waals surface area contributed by atoms with Gasteiger partial charge in [0.05, 0.1) is 0 Å². The van der Waals surface area contributed by atoms with Crippen LogP contribution < -0.4 is 5.32 Å². The highest BCUT2D eigenvalue weighted by molar-refractivity contribution is 5.95. The molecule has 0 aromatic heterocycles. The van der Waals surface area contributed by atoms with Crippen LogP contribution in [0.2, 0.25) is 0 Å². The molecule has 1 fully saturated rings. The molecular weight excluding hydrogens is 362 g/mol. The molecule has 0 heterocycles. The summed E-state index contributed by atoms with van der Waals surface area (Å²) in [5, 5.41) is 2.98. The first-order chi connectivity index (χ1) is 14.0. The maximum atomic E-state index is 12.8. The van der Waals surface area contributed by atoms with E-state index >= 15 is 0 Å². The minimum Gasteiger partial charge on any atom is -0.349 e. The molecule has 152 valence electrons. The van der Waals surface area contributed by atoms with E-state index in [1.165, 1.54) is 0 Å². The molecule has 29 heavy (non-hydrogen) atoms. The van der Waals surface area contributed by atoms with E-state index in [1.54, 1.807) is 24.3 Å². The van der Waals surface area contributed by atoms with E-state index in [2.05, 4.69) is 10.2 Å². The van der Waals surface area contributed by atoms with Crippen LogP contribution in [-0.4, -0.2) is 54.8 Å². The van der Waals surface area contributed by atoms with Gasteiger partial charge in [0.1, 0.15) is 0 Å². The van der Waals surface area contributed by atoms with Crippen molar-refractivity contribution in [3.8, 4) is 0 Å². The first-order valence-electron chi connectivity index (χ1n) is 10.1. The molecule has 5 nitrogen and oxygen atoms in total. The van der Waals surface area contributed by atoms with E-state index < -0.39 is 0 Å². The van der Waals surface area contributed by atoms with Crippen molar-refractivity contribution in [1.82, 2.24) is 15.1 Å². The van der Waals surface area contributed by atoms with Gasteiger partial charge in [-0.2, -0.15) is 0 Å². The Labute approximate surface area is 173 Å². The lowest BCUT2D eigenvalue weighted by Gasteiger charge is -2.23. The van der Waals surface area contributed by atoms with Gasteiger partial charge < -0.3 is 15.1 Å². The van der Waals surface area contributed by atoms with Crippen LogP contribution in [0.4, 0.5) is 0 Å². The second-order valence-corrected chi connectivity index (χ2v) is 7.75. The van der Waals surface area contributed by atoms with Crippen molar-refractivity contribution >= 4 is 17.9 Å². The number of rotatable bonds is 9. The Kier molecular flexibility index (Phi) is 7.19. The lowest BCUT2D eigenvalue weighted by Crippen LogP contribution is -2.35. The Hall–Kier alpha value is -2.92. The van der Waals surface area contributed by atoms with Crippen molar-refractivity contribution in [2.75, 3.05) is 27.2 Å². The summed E-state index contributed by atoms with van der Waals surface area (Å²) in [6.07, 6.45) is 5.56. The maximum absolute atomic E-state index is 12.8. The SMILES string of the molecule is CN(C)CCN(Cc1ccccc1)C(=O)/C=C/c1ccc(C(=O)NC2CC2)cc1. The monoisotopic (exact) mass is 391 g/mol. The Morgan fingerprint density at radius 1 is 1.00 bits per heavy atom. The number of benzene rings is 2. The largest absolute Gasteiger partial charge is 0.349 e. The van der Waals surface area contributed by atoms with Crippen LogP contribution in [0.25, 0.3) is 6.08 Å². The number of nitrogens with one attached hydrogen (secondary N) is 1. The van der Waals surface area contributed by atoms with E-state index in [0.29, 0.717) is 24.7 Å². The molecule has 3 rings (SSSR count). The van der Waals surface area contributed by atoms with Crippen LogP contribution in [0, 0.1) is 0 Å². The summed E-state index contributed by atoms with van der Waals surface area (Å²) in [6.45, 7) is 2.04. The number of amides is 2. The van der Waals surface area contributed by atoms with Gasteiger partial charge in [0.25, 0.3) is 5.91 Å². The molecule has 1 aliphatic rings. The first-order valence-corrected chi connectivity index (χ1v) is 10.1. The van der Waals surface area contributed by atoms with Crippen LogP contribution in [-0.2, 0) is 11.3 Å². The van der Waals surface area contributed by atoms with Gasteiger partial charge in [-0.3, -0.25) is 9.59 Å². The highest BCUT2D eigenvalue weighted by Gasteiger charge is 2.23. The third kappa shape index (κ3) is 6.88. The van der Waals surface area contributed by atoms with Crippen LogP contribution in [0.5, 0.6) is 0 Å². The average Bonchev–Trinajstić information content (AvgIpc) is 3.54. The third-order valence-electron chi connectivity index (χ3n) is 4.85. The standard InChI is InChI=1S/C24H29N3O2/c1-26(2)16-17-27(18-20-6-4-3-5-7-20)23(28)15-10-19-8-11-21(12-9-19)24(29)25-22-13-14-22/h3-12,15,22H,13-14,16-18H2,1-2H3,(H,25,29)/b15-10+. The molecule has 0 saturated heterocycles. The molecule has 1 N–H and O–H groups in total. The van der Waals surface area contributed by atoms with Gasteiger partial charge in [-0.25, -0.2) is 0 Å². The molecule has 1 saturated carbocycles. The minimum atomic E-state index is -0.0307. The summed E-state index contributed by atoms with van der Waals surface area (Å²) in [4.78, 5) is 28.8. The number of likely N-dealkylation sites (N-methyl/N-ethyl adjacent to an activating group) is 1. The van der Waals surface area contributed by atoms with Crippen LogP contribution in [0.3, 0.4) is 0 Å². The zero-order valence-corrected chi connectivity index (χ0v) is 17.2. The van der Waals surface area contributed by atoms with Gasteiger partial charge in [0, 0.05) is 37.3 Å². The van der Waals surface area contributed by atoms with Crippen LogP contribution in [0.1, 0.15) is 34.3 Å². The number of carbonyl (C=O) groups excluding carboxylic acids is 2. The van der Waals surface area contributed by atoms with Crippen molar-refractivity contribution in [2.45, 2.75) is 25.4 Å². The Morgan fingerprint density at radius 3 is 2.31 bits per heavy atom. The van der Waals surface area contributed by atoms with E-state index in [1.807, 2.05) is 61.5 Å². The first kappa shape index (κ1) is 20.8. The van der Waals surface area contributed by atoms with Gasteiger partial charge in [-0.05, 0) is 56.3 Å². The molecule has 0 aliphatic heterocycles. The number of hydrogen-bond donors (Lipinski definition) is 1. The lowest BCUT2D eigenvalue weighted by atomic mass is 10.1. The number of hydrogen-bond acceptors (Lipinski definition) is 3. The predicted molar refractivity (Wildman–Crippen MR) is 116 cm³/mol. The summed E-state index contributed by atoms with van der Waals surface area (Å²) in [7, 11) is 4.00. The summed E-state index contributed by atoms with van der Waals surface area (Å²) in [5.41, 5.74) is 2.66. The van der Waals surface area contributed by atoms with Crippen molar-refractivity contribution in [2.24, 2.45) is 0 Å². The van der Waals surface area contributed by atoms with E-state index in [9.17, 15) is 9.59 Å². The molecule has 5 heteroatoms. The van der Waals surface area contributed by atoms with E-state index in [4.69, 9.17) is 0 Å². The van der Waals surface area contributed by atoms with Crippen molar-refractivity contribution in [1.29, 1.82) is 0 Å². The summed E-state index contributed by atoms with van der Waals surface area (Å²) < 4.78 is 0. The summed E-state index contributed by atoms with van der Waals surface area (Å²) in [6, 6.07) is 17.7. The second-order valence-electron chi connectivity index (χ2n) is 7.75. The van der Waals surface area contributed by atoms with Gasteiger partial charge >= 0.3 is 0 Å². The molecule has 2 aromatic rings. The van der Waals surface area contributed by atoms with Gasteiger partial charge in [0.15, 0.2) is 0 Å². The molecule has 0 atom stereocenters. The van der Waals surface area contributed by atoms with Crippen molar-refractivity contribution < 1.29 is 9.59 Å². The second kappa shape index (κ2) is 10.0. The fourth-order valence-electron chi connectivity index (χ4n) is 2.91. The zero-order chi connectivity index (χ0) is 20.6. The minimum absolute atomic E-state index is 0.0220. The Bertz CT molecular complexity index is 840. The summed E-state index contributed by atoms with van der Waals surface area (Å²) >= 11 is 0. The van der Waals surface area contributed by atoms with Crippen molar-refractivity contribution in [3.63, 3.8) is 0 Å². The fraction of sp³-hybridized carbons (Fsp3) is 0.333. The highest BCUT2D eigenvalue weighted by atomic mass is 16.2. The summed E-state index contributed by atoms with van der Waals surface area (Å²) in [5.74, 6) is -0.0527. The fourth-order valence-corrected chi connectivity index (χ4v) is 2.91.